The van der Waals surface area contributed by atoms with Gasteiger partial charge in [0.2, 0.25) is 5.91 Å². The fourth-order valence-corrected chi connectivity index (χ4v) is 4.31. The van der Waals surface area contributed by atoms with Crippen molar-refractivity contribution in [1.29, 1.82) is 0 Å². The summed E-state index contributed by atoms with van der Waals surface area (Å²) in [6.07, 6.45) is 6.78. The first-order chi connectivity index (χ1) is 14.3. The highest BCUT2D eigenvalue weighted by molar-refractivity contribution is 7.13. The third-order valence-corrected chi connectivity index (χ3v) is 6.02. The zero-order valence-corrected chi connectivity index (χ0v) is 17.1. The van der Waals surface area contributed by atoms with E-state index in [0.717, 1.165) is 49.6 Å². The number of piperidine rings is 1. The van der Waals surface area contributed by atoms with Gasteiger partial charge in [-0.05, 0) is 30.9 Å². The van der Waals surface area contributed by atoms with Crippen LogP contribution in [0.25, 0.3) is 10.8 Å². The number of likely N-dealkylation sites (tertiary alicyclic amines) is 1. The molecule has 3 aromatic rings. The van der Waals surface area contributed by atoms with Gasteiger partial charge in [-0.2, -0.15) is 0 Å². The number of benzene rings is 1. The average Bonchev–Trinajstić information content (AvgIpc) is 3.24. The lowest BCUT2D eigenvalue weighted by molar-refractivity contribution is -0.122. The summed E-state index contributed by atoms with van der Waals surface area (Å²) in [5, 5.41) is 6.15. The molecule has 1 amide bonds. The molecule has 1 saturated heterocycles. The van der Waals surface area contributed by atoms with Gasteiger partial charge in [-0.3, -0.25) is 9.69 Å². The summed E-state index contributed by atoms with van der Waals surface area (Å²) in [4.78, 5) is 27.9. The molecule has 7 heteroatoms. The molecule has 29 heavy (non-hydrogen) atoms. The Kier molecular flexibility index (Phi) is 6.59. The molecule has 0 aliphatic carbocycles. The van der Waals surface area contributed by atoms with E-state index in [2.05, 4.69) is 42.7 Å². The summed E-state index contributed by atoms with van der Waals surface area (Å²) in [5.74, 6) is 0.833. The third-order valence-electron chi connectivity index (χ3n) is 5.13. The van der Waals surface area contributed by atoms with Crippen molar-refractivity contribution in [3.63, 3.8) is 0 Å². The first-order valence-corrected chi connectivity index (χ1v) is 10.9. The number of aromatic nitrogens is 3. The van der Waals surface area contributed by atoms with E-state index in [1.165, 1.54) is 5.56 Å². The number of amides is 1. The topological polar surface area (TPSA) is 71.0 Å². The smallest absolute Gasteiger partial charge is 0.220 e. The molecule has 0 radical (unpaired) electrons. The van der Waals surface area contributed by atoms with Gasteiger partial charge in [0.1, 0.15) is 0 Å². The van der Waals surface area contributed by atoms with Crippen LogP contribution in [-0.2, 0) is 17.8 Å². The average molecular weight is 408 g/mol. The van der Waals surface area contributed by atoms with E-state index in [-0.39, 0.29) is 11.9 Å². The molecular weight excluding hydrogens is 382 g/mol. The van der Waals surface area contributed by atoms with Crippen molar-refractivity contribution in [2.75, 3.05) is 13.1 Å². The lowest BCUT2D eigenvalue weighted by Crippen LogP contribution is -2.44. The highest BCUT2D eigenvalue weighted by atomic mass is 32.1. The lowest BCUT2D eigenvalue weighted by Gasteiger charge is -2.31. The van der Waals surface area contributed by atoms with E-state index in [1.54, 1.807) is 23.7 Å². The van der Waals surface area contributed by atoms with Gasteiger partial charge in [-0.25, -0.2) is 15.0 Å². The lowest BCUT2D eigenvalue weighted by atomic mass is 10.0. The van der Waals surface area contributed by atoms with Crippen LogP contribution in [0.4, 0.5) is 0 Å². The van der Waals surface area contributed by atoms with Crippen LogP contribution in [0.3, 0.4) is 0 Å². The molecule has 0 saturated carbocycles. The molecule has 0 bridgehead atoms. The molecule has 1 aliphatic rings. The minimum absolute atomic E-state index is 0.152. The SMILES string of the molecule is O=C(CCc1ccccc1)NC1CCN(Cc2csc(-c3ncccn3)n2)CC1. The summed E-state index contributed by atoms with van der Waals surface area (Å²) < 4.78 is 0. The van der Waals surface area contributed by atoms with Crippen LogP contribution in [0.15, 0.2) is 54.2 Å². The van der Waals surface area contributed by atoms with E-state index in [1.807, 2.05) is 24.3 Å². The summed E-state index contributed by atoms with van der Waals surface area (Å²) in [5.41, 5.74) is 2.27. The number of rotatable bonds is 7. The molecule has 1 aliphatic heterocycles. The standard InChI is InChI=1S/C22H25N5OS/c28-20(8-7-17-5-2-1-3-6-17)25-18-9-13-27(14-10-18)15-19-16-29-22(26-19)21-23-11-4-12-24-21/h1-6,11-12,16,18H,7-10,13-15H2,(H,25,28). The summed E-state index contributed by atoms with van der Waals surface area (Å²) in [6, 6.07) is 12.3. The predicted molar refractivity (Wildman–Crippen MR) is 114 cm³/mol. The molecule has 6 nitrogen and oxygen atoms in total. The van der Waals surface area contributed by atoms with Crippen LogP contribution >= 0.6 is 11.3 Å². The fraction of sp³-hybridized carbons (Fsp3) is 0.364. The van der Waals surface area contributed by atoms with Crippen molar-refractivity contribution in [2.45, 2.75) is 38.3 Å². The number of aryl methyl sites for hydroxylation is 1. The Bertz CT molecular complexity index is 907. The van der Waals surface area contributed by atoms with Crippen molar-refractivity contribution in [1.82, 2.24) is 25.2 Å². The Morgan fingerprint density at radius 3 is 2.62 bits per heavy atom. The molecule has 0 spiro atoms. The molecule has 1 aromatic carbocycles. The molecule has 0 atom stereocenters. The van der Waals surface area contributed by atoms with Gasteiger partial charge in [0, 0.05) is 49.9 Å². The highest BCUT2D eigenvalue weighted by Gasteiger charge is 2.21. The van der Waals surface area contributed by atoms with Gasteiger partial charge in [-0.15, -0.1) is 11.3 Å². The molecule has 3 heterocycles. The van der Waals surface area contributed by atoms with E-state index >= 15 is 0 Å². The van der Waals surface area contributed by atoms with E-state index in [4.69, 9.17) is 0 Å². The van der Waals surface area contributed by atoms with Crippen LogP contribution in [0.1, 0.15) is 30.5 Å². The number of hydrogen-bond acceptors (Lipinski definition) is 6. The van der Waals surface area contributed by atoms with Crippen molar-refractivity contribution in [3.05, 3.63) is 65.4 Å². The first-order valence-electron chi connectivity index (χ1n) is 10.0. The van der Waals surface area contributed by atoms with Crippen molar-refractivity contribution in [2.24, 2.45) is 0 Å². The number of nitrogens with zero attached hydrogens (tertiary/aromatic N) is 4. The second kappa shape index (κ2) is 9.71. The van der Waals surface area contributed by atoms with Gasteiger partial charge in [-0.1, -0.05) is 30.3 Å². The van der Waals surface area contributed by atoms with Gasteiger partial charge in [0.15, 0.2) is 10.8 Å². The van der Waals surface area contributed by atoms with Crippen LogP contribution < -0.4 is 5.32 Å². The normalized spacial score (nSPS) is 15.3. The molecule has 1 N–H and O–H groups in total. The zero-order chi connectivity index (χ0) is 19.9. The molecular formula is C22H25N5OS. The Hall–Kier alpha value is -2.64. The highest BCUT2D eigenvalue weighted by Crippen LogP contribution is 2.21. The second-order valence-electron chi connectivity index (χ2n) is 7.32. The molecule has 2 aromatic heterocycles. The first kappa shape index (κ1) is 19.7. The largest absolute Gasteiger partial charge is 0.353 e. The summed E-state index contributed by atoms with van der Waals surface area (Å²) in [6.45, 7) is 2.77. The zero-order valence-electron chi connectivity index (χ0n) is 16.3. The summed E-state index contributed by atoms with van der Waals surface area (Å²) >= 11 is 1.58. The molecule has 150 valence electrons. The Labute approximate surface area is 175 Å². The fourth-order valence-electron chi connectivity index (χ4n) is 3.56. The maximum atomic E-state index is 12.2. The Morgan fingerprint density at radius 2 is 1.86 bits per heavy atom. The van der Waals surface area contributed by atoms with Crippen LogP contribution in [0, 0.1) is 0 Å². The second-order valence-corrected chi connectivity index (χ2v) is 8.18. The minimum atomic E-state index is 0.152. The maximum Gasteiger partial charge on any atom is 0.220 e. The van der Waals surface area contributed by atoms with E-state index < -0.39 is 0 Å². The Morgan fingerprint density at radius 1 is 1.10 bits per heavy atom. The van der Waals surface area contributed by atoms with Crippen LogP contribution in [0.2, 0.25) is 0 Å². The summed E-state index contributed by atoms with van der Waals surface area (Å²) in [7, 11) is 0. The van der Waals surface area contributed by atoms with E-state index in [9.17, 15) is 4.79 Å². The third kappa shape index (κ3) is 5.68. The maximum absolute atomic E-state index is 12.2. The van der Waals surface area contributed by atoms with Crippen molar-refractivity contribution in [3.8, 4) is 10.8 Å². The minimum Gasteiger partial charge on any atom is -0.353 e. The number of hydrogen-bond donors (Lipinski definition) is 1. The molecule has 0 unspecified atom stereocenters. The van der Waals surface area contributed by atoms with Crippen molar-refractivity contribution < 1.29 is 4.79 Å². The van der Waals surface area contributed by atoms with Gasteiger partial charge in [0.25, 0.3) is 0 Å². The van der Waals surface area contributed by atoms with Crippen LogP contribution in [-0.4, -0.2) is 44.9 Å². The number of carbonyl (C=O) groups excluding carboxylic acids is 1. The predicted octanol–water partition coefficient (Wildman–Crippen LogP) is 3.31. The van der Waals surface area contributed by atoms with Gasteiger partial charge in [0.05, 0.1) is 5.69 Å². The number of carbonyl (C=O) groups is 1. The molecule has 1 fully saturated rings. The van der Waals surface area contributed by atoms with E-state index in [0.29, 0.717) is 12.2 Å². The van der Waals surface area contributed by atoms with Gasteiger partial charge < -0.3 is 5.32 Å². The van der Waals surface area contributed by atoms with Crippen molar-refractivity contribution >= 4 is 17.2 Å². The quantitative estimate of drug-likeness (QED) is 0.651. The Balaban J connectivity index is 1.20. The monoisotopic (exact) mass is 407 g/mol. The van der Waals surface area contributed by atoms with Gasteiger partial charge >= 0.3 is 0 Å². The molecule has 4 rings (SSSR count). The van der Waals surface area contributed by atoms with Crippen LogP contribution in [0.5, 0.6) is 0 Å². The number of thiazole rings is 1. The number of nitrogens with one attached hydrogen (secondary N) is 1.